The molecule has 0 radical (unpaired) electrons. The molecule has 0 aromatic carbocycles. The largest absolute Gasteiger partial charge is 0.504 e. The molecule has 17 heavy (non-hydrogen) atoms. The molecule has 1 heterocycles. The molecule has 0 unspecified atom stereocenters. The van der Waals surface area contributed by atoms with Gasteiger partial charge >= 0.3 is 12.3 Å². The van der Waals surface area contributed by atoms with E-state index in [4.69, 9.17) is 4.74 Å². The van der Waals surface area contributed by atoms with E-state index in [2.05, 4.69) is 5.10 Å². The van der Waals surface area contributed by atoms with Gasteiger partial charge in [0.1, 0.15) is 5.56 Å². The van der Waals surface area contributed by atoms with Crippen molar-refractivity contribution in [2.24, 2.45) is 0 Å². The Morgan fingerprint density at radius 2 is 2.24 bits per heavy atom. The van der Waals surface area contributed by atoms with Crippen molar-refractivity contribution in [2.45, 2.75) is 32.0 Å². The molecule has 0 N–H and O–H groups in total. The summed E-state index contributed by atoms with van der Waals surface area (Å²) in [5.41, 5.74) is 0.118. The highest BCUT2D eigenvalue weighted by Crippen LogP contribution is 2.41. The molecule has 94 valence electrons. The van der Waals surface area contributed by atoms with E-state index in [9.17, 15) is 18.0 Å². The summed E-state index contributed by atoms with van der Waals surface area (Å²) in [7, 11) is 0. The van der Waals surface area contributed by atoms with Crippen LogP contribution in [0, 0.1) is 0 Å². The van der Waals surface area contributed by atoms with Gasteiger partial charge in [0.15, 0.2) is 0 Å². The molecule has 0 amide bonds. The van der Waals surface area contributed by atoms with Gasteiger partial charge in [0.05, 0.1) is 12.3 Å². The first-order valence-corrected chi connectivity index (χ1v) is 5.27. The second-order valence-electron chi connectivity index (χ2n) is 3.84. The molecular weight excluding hydrogens is 237 g/mol. The predicted octanol–water partition coefficient (Wildman–Crippen LogP) is 2.41. The van der Waals surface area contributed by atoms with Crippen LogP contribution in [0.2, 0.25) is 0 Å². The minimum Gasteiger partial charge on any atom is -0.462 e. The topological polar surface area (TPSA) is 44.1 Å². The molecule has 1 aliphatic rings. The standard InChI is InChI=1S/C10H11F3N2O2/c1-2-17-9(16)7-5-15(10(11,12)13)14-8(7)6-3-4-6/h5-6H,2-4H2,1H3. The number of hydrogen-bond acceptors (Lipinski definition) is 3. The highest BCUT2D eigenvalue weighted by atomic mass is 19.4. The average Bonchev–Trinajstić information content (AvgIpc) is 2.95. The van der Waals surface area contributed by atoms with Gasteiger partial charge in [-0.3, -0.25) is 0 Å². The van der Waals surface area contributed by atoms with Crippen molar-refractivity contribution in [3.63, 3.8) is 0 Å². The van der Waals surface area contributed by atoms with Crippen molar-refractivity contribution in [1.82, 2.24) is 9.78 Å². The number of halogens is 3. The van der Waals surface area contributed by atoms with Crippen LogP contribution in [0.3, 0.4) is 0 Å². The Morgan fingerprint density at radius 1 is 1.59 bits per heavy atom. The number of carbonyl (C=O) groups excluding carboxylic acids is 1. The van der Waals surface area contributed by atoms with Gasteiger partial charge in [-0.2, -0.15) is 9.78 Å². The third-order valence-corrected chi connectivity index (χ3v) is 2.46. The van der Waals surface area contributed by atoms with Crippen molar-refractivity contribution < 1.29 is 22.7 Å². The Bertz CT molecular complexity index is 435. The van der Waals surface area contributed by atoms with Gasteiger partial charge in [-0.15, -0.1) is 13.2 Å². The fourth-order valence-corrected chi connectivity index (χ4v) is 1.54. The molecule has 1 aromatic heterocycles. The molecule has 2 rings (SSSR count). The molecule has 0 spiro atoms. The number of nitrogens with zero attached hydrogens (tertiary/aromatic N) is 2. The summed E-state index contributed by atoms with van der Waals surface area (Å²) in [5.74, 6) is -0.789. The van der Waals surface area contributed by atoms with Crippen molar-refractivity contribution in [3.8, 4) is 0 Å². The zero-order valence-corrected chi connectivity index (χ0v) is 9.12. The summed E-state index contributed by atoms with van der Waals surface area (Å²) in [5, 5.41) is 3.44. The van der Waals surface area contributed by atoms with Gasteiger partial charge in [-0.05, 0) is 19.8 Å². The van der Waals surface area contributed by atoms with Gasteiger partial charge in [0, 0.05) is 12.1 Å². The highest BCUT2D eigenvalue weighted by molar-refractivity contribution is 5.90. The zero-order chi connectivity index (χ0) is 12.6. The number of alkyl halides is 3. The second-order valence-corrected chi connectivity index (χ2v) is 3.84. The zero-order valence-electron chi connectivity index (χ0n) is 9.12. The number of carbonyl (C=O) groups is 1. The van der Waals surface area contributed by atoms with Crippen LogP contribution in [0.25, 0.3) is 0 Å². The van der Waals surface area contributed by atoms with E-state index in [0.717, 1.165) is 12.8 Å². The summed E-state index contributed by atoms with van der Waals surface area (Å²) in [6.45, 7) is 1.73. The van der Waals surface area contributed by atoms with Crippen molar-refractivity contribution in [2.75, 3.05) is 6.61 Å². The van der Waals surface area contributed by atoms with E-state index < -0.39 is 12.3 Å². The molecule has 1 saturated carbocycles. The number of rotatable bonds is 3. The monoisotopic (exact) mass is 248 g/mol. The smallest absolute Gasteiger partial charge is 0.462 e. The van der Waals surface area contributed by atoms with Gasteiger partial charge < -0.3 is 4.74 Å². The third kappa shape index (κ3) is 2.42. The number of aromatic nitrogens is 2. The molecular formula is C10H11F3N2O2. The molecule has 1 fully saturated rings. The Hall–Kier alpha value is -1.53. The fraction of sp³-hybridized carbons (Fsp3) is 0.600. The molecule has 1 aliphatic carbocycles. The maximum Gasteiger partial charge on any atom is 0.504 e. The second kappa shape index (κ2) is 4.05. The lowest BCUT2D eigenvalue weighted by atomic mass is 10.2. The van der Waals surface area contributed by atoms with Crippen molar-refractivity contribution in [3.05, 3.63) is 17.5 Å². The number of ether oxygens (including phenoxy) is 1. The molecule has 1 aromatic rings. The highest BCUT2D eigenvalue weighted by Gasteiger charge is 2.38. The molecule has 0 saturated heterocycles. The van der Waals surface area contributed by atoms with Gasteiger partial charge in [-0.1, -0.05) is 0 Å². The Balaban J connectivity index is 2.35. The van der Waals surface area contributed by atoms with E-state index in [0.29, 0.717) is 6.20 Å². The van der Waals surface area contributed by atoms with E-state index >= 15 is 0 Å². The Labute approximate surface area is 95.4 Å². The SMILES string of the molecule is CCOC(=O)c1cn(C(F)(F)F)nc1C1CC1. The summed E-state index contributed by atoms with van der Waals surface area (Å²) < 4.78 is 42.0. The predicted molar refractivity (Wildman–Crippen MR) is 51.5 cm³/mol. The first-order chi connectivity index (χ1) is 7.93. The van der Waals surface area contributed by atoms with Crippen molar-refractivity contribution in [1.29, 1.82) is 0 Å². The number of hydrogen-bond donors (Lipinski definition) is 0. The van der Waals surface area contributed by atoms with Crippen LogP contribution in [0.5, 0.6) is 0 Å². The van der Waals surface area contributed by atoms with Crippen LogP contribution < -0.4 is 0 Å². The molecule has 0 atom stereocenters. The minimum atomic E-state index is -4.60. The van der Waals surface area contributed by atoms with E-state index in [1.54, 1.807) is 6.92 Å². The quantitative estimate of drug-likeness (QED) is 0.771. The Kier molecular flexibility index (Phi) is 2.84. The summed E-state index contributed by atoms with van der Waals surface area (Å²) in [6.07, 6.45) is -2.37. The van der Waals surface area contributed by atoms with Gasteiger partial charge in [0.25, 0.3) is 0 Å². The third-order valence-electron chi connectivity index (χ3n) is 2.46. The first-order valence-electron chi connectivity index (χ1n) is 5.27. The van der Waals surface area contributed by atoms with E-state index in [1.807, 2.05) is 0 Å². The summed E-state index contributed by atoms with van der Waals surface area (Å²) in [4.78, 5) is 11.5. The van der Waals surface area contributed by atoms with Crippen LogP contribution in [-0.2, 0) is 11.0 Å². The van der Waals surface area contributed by atoms with E-state index in [-0.39, 0.29) is 28.5 Å². The van der Waals surface area contributed by atoms with E-state index in [1.165, 1.54) is 0 Å². The van der Waals surface area contributed by atoms with Crippen LogP contribution in [0.1, 0.15) is 41.7 Å². The number of esters is 1. The molecule has 0 bridgehead atoms. The minimum absolute atomic E-state index is 0.0435. The van der Waals surface area contributed by atoms with Crippen LogP contribution in [-0.4, -0.2) is 22.4 Å². The molecule has 4 nitrogen and oxygen atoms in total. The van der Waals surface area contributed by atoms with Gasteiger partial charge in [0.2, 0.25) is 0 Å². The van der Waals surface area contributed by atoms with Gasteiger partial charge in [-0.25, -0.2) is 4.79 Å². The lowest BCUT2D eigenvalue weighted by Crippen LogP contribution is -2.17. The normalized spacial score (nSPS) is 16.0. The first kappa shape index (κ1) is 11.9. The summed E-state index contributed by atoms with van der Waals surface area (Å²) >= 11 is 0. The average molecular weight is 248 g/mol. The Morgan fingerprint density at radius 3 is 2.71 bits per heavy atom. The van der Waals surface area contributed by atoms with Crippen molar-refractivity contribution >= 4 is 5.97 Å². The lowest BCUT2D eigenvalue weighted by Gasteiger charge is -2.03. The molecule has 0 aliphatic heterocycles. The maximum atomic E-state index is 12.5. The van der Waals surface area contributed by atoms with Crippen LogP contribution in [0.4, 0.5) is 13.2 Å². The molecule has 7 heteroatoms. The van der Waals surface area contributed by atoms with Crippen LogP contribution >= 0.6 is 0 Å². The lowest BCUT2D eigenvalue weighted by molar-refractivity contribution is -0.212. The fourth-order valence-electron chi connectivity index (χ4n) is 1.54. The maximum absolute atomic E-state index is 12.5. The summed E-state index contributed by atoms with van der Waals surface area (Å²) in [6, 6.07) is 0. The van der Waals surface area contributed by atoms with Crippen LogP contribution in [0.15, 0.2) is 6.20 Å².